The Morgan fingerprint density at radius 3 is 2.56 bits per heavy atom. The quantitative estimate of drug-likeness (QED) is 0.285. The van der Waals surface area contributed by atoms with Gasteiger partial charge in [0.05, 0.1) is 12.0 Å². The molecule has 0 saturated heterocycles. The SMILES string of the molecule is O=C(CSc1nnc(SCc2ccccc2)s1)NN=Cc1ccccc1Br. The number of amides is 1. The van der Waals surface area contributed by atoms with Crippen molar-refractivity contribution >= 4 is 62.9 Å². The van der Waals surface area contributed by atoms with Gasteiger partial charge in [-0.05, 0) is 11.6 Å². The van der Waals surface area contributed by atoms with Gasteiger partial charge in [0, 0.05) is 15.8 Å². The molecular weight excluding hydrogens is 464 g/mol. The van der Waals surface area contributed by atoms with E-state index in [4.69, 9.17) is 0 Å². The molecule has 1 heterocycles. The van der Waals surface area contributed by atoms with Crippen LogP contribution in [0.15, 0.2) is 72.9 Å². The number of nitrogens with zero attached hydrogens (tertiary/aromatic N) is 3. The summed E-state index contributed by atoms with van der Waals surface area (Å²) < 4.78 is 2.59. The van der Waals surface area contributed by atoms with E-state index in [1.165, 1.54) is 28.7 Å². The maximum absolute atomic E-state index is 11.9. The van der Waals surface area contributed by atoms with E-state index in [0.717, 1.165) is 24.5 Å². The minimum absolute atomic E-state index is 0.183. The molecule has 1 N–H and O–H groups in total. The number of aromatic nitrogens is 2. The second-order valence-corrected chi connectivity index (χ2v) is 9.49. The summed E-state index contributed by atoms with van der Waals surface area (Å²) in [5.41, 5.74) is 4.66. The molecule has 0 aliphatic rings. The molecule has 0 atom stereocenters. The smallest absolute Gasteiger partial charge is 0.250 e. The number of hydrazone groups is 1. The summed E-state index contributed by atoms with van der Waals surface area (Å²) in [5.74, 6) is 0.910. The van der Waals surface area contributed by atoms with E-state index >= 15 is 0 Å². The van der Waals surface area contributed by atoms with Gasteiger partial charge in [0.2, 0.25) is 0 Å². The molecule has 0 saturated carbocycles. The average molecular weight is 479 g/mol. The van der Waals surface area contributed by atoms with Crippen molar-refractivity contribution in [2.75, 3.05) is 5.75 Å². The van der Waals surface area contributed by atoms with Crippen LogP contribution in [-0.4, -0.2) is 28.1 Å². The monoisotopic (exact) mass is 478 g/mol. The Balaban J connectivity index is 1.41. The number of halogens is 1. The first kappa shape index (κ1) is 20.1. The highest BCUT2D eigenvalue weighted by Gasteiger charge is 2.08. The summed E-state index contributed by atoms with van der Waals surface area (Å²) in [6, 6.07) is 17.9. The fourth-order valence-electron chi connectivity index (χ4n) is 1.95. The first-order valence-electron chi connectivity index (χ1n) is 7.90. The minimum atomic E-state index is -0.183. The topological polar surface area (TPSA) is 67.2 Å². The third kappa shape index (κ3) is 6.76. The summed E-state index contributed by atoms with van der Waals surface area (Å²) in [7, 11) is 0. The van der Waals surface area contributed by atoms with E-state index in [9.17, 15) is 4.79 Å². The second-order valence-electron chi connectivity index (χ2n) is 5.21. The molecule has 3 aromatic rings. The van der Waals surface area contributed by atoms with E-state index in [2.05, 4.69) is 48.8 Å². The number of carbonyl (C=O) groups excluding carboxylic acids is 1. The van der Waals surface area contributed by atoms with E-state index in [1.807, 2.05) is 42.5 Å². The van der Waals surface area contributed by atoms with Gasteiger partial charge in [-0.15, -0.1) is 10.2 Å². The Bertz CT molecular complexity index is 918. The van der Waals surface area contributed by atoms with Gasteiger partial charge in [0.15, 0.2) is 8.68 Å². The summed E-state index contributed by atoms with van der Waals surface area (Å²) in [5, 5.41) is 12.3. The lowest BCUT2D eigenvalue weighted by Gasteiger charge is -1.99. The van der Waals surface area contributed by atoms with Crippen LogP contribution >= 0.6 is 50.8 Å². The highest BCUT2D eigenvalue weighted by Crippen LogP contribution is 2.30. The third-order valence-corrected chi connectivity index (χ3v) is 7.20. The zero-order chi connectivity index (χ0) is 18.9. The van der Waals surface area contributed by atoms with Gasteiger partial charge in [-0.3, -0.25) is 4.79 Å². The molecule has 1 aromatic heterocycles. The molecule has 0 aliphatic carbocycles. The van der Waals surface area contributed by atoms with Crippen molar-refractivity contribution in [1.82, 2.24) is 15.6 Å². The van der Waals surface area contributed by atoms with Crippen LogP contribution in [0.25, 0.3) is 0 Å². The maximum atomic E-state index is 11.9. The van der Waals surface area contributed by atoms with Crippen LogP contribution in [0.4, 0.5) is 0 Å². The Morgan fingerprint density at radius 1 is 1.07 bits per heavy atom. The molecule has 0 fully saturated rings. The number of carbonyl (C=O) groups is 1. The third-order valence-electron chi connectivity index (χ3n) is 3.22. The molecule has 9 heteroatoms. The lowest BCUT2D eigenvalue weighted by Crippen LogP contribution is -2.19. The van der Waals surface area contributed by atoms with Gasteiger partial charge < -0.3 is 0 Å². The molecule has 138 valence electrons. The summed E-state index contributed by atoms with van der Waals surface area (Å²) in [6.07, 6.45) is 1.61. The number of rotatable bonds is 8. The molecule has 0 bridgehead atoms. The molecule has 1 amide bonds. The van der Waals surface area contributed by atoms with E-state index in [0.29, 0.717) is 0 Å². The van der Waals surface area contributed by atoms with Gasteiger partial charge in [0.25, 0.3) is 5.91 Å². The average Bonchev–Trinajstić information content (AvgIpc) is 3.15. The van der Waals surface area contributed by atoms with Crippen LogP contribution < -0.4 is 5.43 Å². The highest BCUT2D eigenvalue weighted by molar-refractivity contribution is 9.10. The van der Waals surface area contributed by atoms with Crippen LogP contribution in [-0.2, 0) is 10.5 Å². The van der Waals surface area contributed by atoms with Gasteiger partial charge in [-0.1, -0.05) is 99.3 Å². The Hall–Kier alpha value is -1.68. The number of nitrogens with one attached hydrogen (secondary N) is 1. The molecule has 0 spiro atoms. The molecule has 0 radical (unpaired) electrons. The standard InChI is InChI=1S/C18H15BrN4OS3/c19-15-9-5-4-8-14(15)10-20-21-16(24)12-26-18-23-22-17(27-18)25-11-13-6-2-1-3-7-13/h1-10H,11-12H2,(H,21,24). The van der Waals surface area contributed by atoms with Gasteiger partial charge >= 0.3 is 0 Å². The van der Waals surface area contributed by atoms with Crippen molar-refractivity contribution in [2.24, 2.45) is 5.10 Å². The lowest BCUT2D eigenvalue weighted by atomic mass is 10.2. The number of hydrogen-bond donors (Lipinski definition) is 1. The van der Waals surface area contributed by atoms with Crippen molar-refractivity contribution in [3.05, 3.63) is 70.2 Å². The molecular formula is C18H15BrN4OS3. The fourth-order valence-corrected chi connectivity index (χ4v) is 5.10. The van der Waals surface area contributed by atoms with Crippen LogP contribution in [0.5, 0.6) is 0 Å². The summed E-state index contributed by atoms with van der Waals surface area (Å²) in [4.78, 5) is 11.9. The Kier molecular flexibility index (Phi) is 7.88. The van der Waals surface area contributed by atoms with Crippen molar-refractivity contribution in [3.63, 3.8) is 0 Å². The number of thioether (sulfide) groups is 2. The molecule has 2 aromatic carbocycles. The first-order valence-corrected chi connectivity index (χ1v) is 11.5. The van der Waals surface area contributed by atoms with Crippen LogP contribution in [0.2, 0.25) is 0 Å². The van der Waals surface area contributed by atoms with Gasteiger partial charge in [-0.2, -0.15) is 5.10 Å². The zero-order valence-electron chi connectivity index (χ0n) is 14.0. The van der Waals surface area contributed by atoms with Crippen molar-refractivity contribution in [2.45, 2.75) is 14.4 Å². The van der Waals surface area contributed by atoms with Crippen molar-refractivity contribution in [1.29, 1.82) is 0 Å². The summed E-state index contributed by atoms with van der Waals surface area (Å²) >= 11 is 7.93. The number of benzene rings is 2. The summed E-state index contributed by atoms with van der Waals surface area (Å²) in [6.45, 7) is 0. The molecule has 3 rings (SSSR count). The van der Waals surface area contributed by atoms with Crippen molar-refractivity contribution < 1.29 is 4.79 Å². The molecule has 27 heavy (non-hydrogen) atoms. The van der Waals surface area contributed by atoms with Gasteiger partial charge in [-0.25, -0.2) is 5.43 Å². The van der Waals surface area contributed by atoms with Crippen LogP contribution in [0.1, 0.15) is 11.1 Å². The predicted molar refractivity (Wildman–Crippen MR) is 117 cm³/mol. The normalized spacial score (nSPS) is 11.0. The largest absolute Gasteiger partial charge is 0.272 e. The maximum Gasteiger partial charge on any atom is 0.250 e. The van der Waals surface area contributed by atoms with E-state index < -0.39 is 0 Å². The zero-order valence-corrected chi connectivity index (χ0v) is 18.1. The van der Waals surface area contributed by atoms with E-state index in [-0.39, 0.29) is 11.7 Å². The highest BCUT2D eigenvalue weighted by atomic mass is 79.9. The molecule has 0 unspecified atom stereocenters. The van der Waals surface area contributed by atoms with E-state index in [1.54, 1.807) is 18.0 Å². The predicted octanol–water partition coefficient (Wildman–Crippen LogP) is 4.84. The number of hydrogen-bond acceptors (Lipinski definition) is 7. The molecule has 0 aliphatic heterocycles. The van der Waals surface area contributed by atoms with Crippen molar-refractivity contribution in [3.8, 4) is 0 Å². The lowest BCUT2D eigenvalue weighted by molar-refractivity contribution is -0.118. The first-order chi connectivity index (χ1) is 13.2. The van der Waals surface area contributed by atoms with Gasteiger partial charge in [0.1, 0.15) is 0 Å². The second kappa shape index (κ2) is 10.6. The van der Waals surface area contributed by atoms with Crippen LogP contribution in [0, 0.1) is 0 Å². The molecule has 5 nitrogen and oxygen atoms in total. The Morgan fingerprint density at radius 2 is 1.78 bits per heavy atom. The van der Waals surface area contributed by atoms with Crippen LogP contribution in [0.3, 0.4) is 0 Å². The Labute approximate surface area is 178 Å². The fraction of sp³-hybridized carbons (Fsp3) is 0.111. The minimum Gasteiger partial charge on any atom is -0.272 e.